The largest absolute Gasteiger partial charge is 0.492 e. The van der Waals surface area contributed by atoms with E-state index < -0.39 is 23.5 Å². The van der Waals surface area contributed by atoms with E-state index in [4.69, 9.17) is 9.47 Å². The maximum atomic E-state index is 13.3. The van der Waals surface area contributed by atoms with Crippen molar-refractivity contribution < 1.29 is 24.2 Å². The quantitative estimate of drug-likeness (QED) is 0.520. The summed E-state index contributed by atoms with van der Waals surface area (Å²) in [6, 6.07) is 6.04. The molecule has 1 atom stereocenters. The lowest BCUT2D eigenvalue weighted by molar-refractivity contribution is -0.119. The minimum atomic E-state index is -1.22. The fraction of sp³-hybridized carbons (Fsp3) is 0.333. The van der Waals surface area contributed by atoms with Crippen LogP contribution >= 0.6 is 11.3 Å². The molecule has 31 heavy (non-hydrogen) atoms. The Hall–Kier alpha value is -3.24. The highest BCUT2D eigenvalue weighted by atomic mass is 32.1. The van der Waals surface area contributed by atoms with Crippen LogP contribution in [0.4, 0.5) is 5.69 Å². The summed E-state index contributed by atoms with van der Waals surface area (Å²) >= 11 is 1.08. The number of carbonyl (C=O) groups excluding carboxylic acids is 1. The van der Waals surface area contributed by atoms with Gasteiger partial charge in [0, 0.05) is 18.9 Å². The van der Waals surface area contributed by atoms with Crippen LogP contribution in [0.2, 0.25) is 0 Å². The second-order valence-corrected chi connectivity index (χ2v) is 7.53. The van der Waals surface area contributed by atoms with Crippen LogP contribution in [0.3, 0.4) is 0 Å². The third-order valence-corrected chi connectivity index (χ3v) is 5.56. The summed E-state index contributed by atoms with van der Waals surface area (Å²) < 4.78 is 11.9. The Labute approximate surface area is 182 Å². The highest BCUT2D eigenvalue weighted by molar-refractivity contribution is 7.17. The van der Waals surface area contributed by atoms with Crippen molar-refractivity contribution in [2.45, 2.75) is 26.3 Å². The number of amides is 1. The summed E-state index contributed by atoms with van der Waals surface area (Å²) in [7, 11) is 1.52. The lowest BCUT2D eigenvalue weighted by Crippen LogP contribution is -2.35. The molecule has 3 aromatic rings. The van der Waals surface area contributed by atoms with E-state index in [0.29, 0.717) is 28.7 Å². The van der Waals surface area contributed by atoms with Gasteiger partial charge in [0.2, 0.25) is 5.91 Å². The number of thiophene rings is 1. The summed E-state index contributed by atoms with van der Waals surface area (Å²) in [6.07, 6.45) is 0.287. The van der Waals surface area contributed by atoms with Crippen molar-refractivity contribution >= 4 is 39.1 Å². The fourth-order valence-electron chi connectivity index (χ4n) is 3.18. The van der Waals surface area contributed by atoms with Crippen LogP contribution < -0.4 is 15.6 Å². The van der Waals surface area contributed by atoms with Crippen molar-refractivity contribution in [1.29, 1.82) is 0 Å². The summed E-state index contributed by atoms with van der Waals surface area (Å²) in [5.74, 6) is -0.818. The van der Waals surface area contributed by atoms with Gasteiger partial charge in [0.15, 0.2) is 0 Å². The SMILES string of the molecule is CCOc1ccccc1NC(=O)C(C)n1c(CCOC)nc2scc(C(=O)O)c2c1=O. The van der Waals surface area contributed by atoms with Gasteiger partial charge >= 0.3 is 5.97 Å². The number of methoxy groups -OCH3 is 1. The molecule has 1 amide bonds. The van der Waals surface area contributed by atoms with E-state index >= 15 is 0 Å². The zero-order valence-corrected chi connectivity index (χ0v) is 18.2. The predicted octanol–water partition coefficient (Wildman–Crippen LogP) is 2.94. The van der Waals surface area contributed by atoms with Crippen molar-refractivity contribution in [2.75, 3.05) is 25.6 Å². The highest BCUT2D eigenvalue weighted by Crippen LogP contribution is 2.26. The molecule has 2 aromatic heterocycles. The van der Waals surface area contributed by atoms with Crippen LogP contribution in [0.5, 0.6) is 5.75 Å². The van der Waals surface area contributed by atoms with Crippen LogP contribution in [0, 0.1) is 0 Å². The van der Waals surface area contributed by atoms with Crippen LogP contribution in [0.25, 0.3) is 10.2 Å². The van der Waals surface area contributed by atoms with Crippen LogP contribution in [-0.4, -0.2) is 46.9 Å². The first-order valence-corrected chi connectivity index (χ1v) is 10.5. The summed E-state index contributed by atoms with van der Waals surface area (Å²) in [5.41, 5.74) is -0.224. The van der Waals surface area contributed by atoms with Gasteiger partial charge in [-0.25, -0.2) is 9.78 Å². The summed E-state index contributed by atoms with van der Waals surface area (Å²) in [6.45, 7) is 4.12. The lowest BCUT2D eigenvalue weighted by Gasteiger charge is -2.20. The van der Waals surface area contributed by atoms with Gasteiger partial charge in [-0.3, -0.25) is 14.2 Å². The topological polar surface area (TPSA) is 120 Å². The second kappa shape index (κ2) is 9.71. The highest BCUT2D eigenvalue weighted by Gasteiger charge is 2.25. The van der Waals surface area contributed by atoms with E-state index in [1.807, 2.05) is 6.92 Å². The van der Waals surface area contributed by atoms with Crippen molar-refractivity contribution in [2.24, 2.45) is 0 Å². The molecule has 0 saturated carbocycles. The number of aromatic nitrogens is 2. The molecule has 2 N–H and O–H groups in total. The van der Waals surface area contributed by atoms with Crippen LogP contribution in [0.15, 0.2) is 34.4 Å². The number of anilines is 1. The van der Waals surface area contributed by atoms with Crippen LogP contribution in [-0.2, 0) is 16.0 Å². The molecular formula is C21H23N3O6S. The van der Waals surface area contributed by atoms with Gasteiger partial charge < -0.3 is 19.9 Å². The van der Waals surface area contributed by atoms with E-state index in [9.17, 15) is 19.5 Å². The molecule has 0 fully saturated rings. The van der Waals surface area contributed by atoms with E-state index in [-0.39, 0.29) is 24.0 Å². The number of nitrogens with zero attached hydrogens (tertiary/aromatic N) is 2. The van der Waals surface area contributed by atoms with E-state index in [1.54, 1.807) is 31.2 Å². The normalized spacial score (nSPS) is 12.0. The number of benzene rings is 1. The number of rotatable bonds is 9. The molecule has 0 radical (unpaired) electrons. The molecule has 0 aliphatic carbocycles. The molecule has 0 aliphatic heterocycles. The number of carboxylic acid groups (broad SMARTS) is 1. The average molecular weight is 445 g/mol. The van der Waals surface area contributed by atoms with Gasteiger partial charge in [0.05, 0.1) is 29.9 Å². The molecule has 0 spiro atoms. The maximum Gasteiger partial charge on any atom is 0.337 e. The minimum absolute atomic E-state index is 0.00645. The number of nitrogens with one attached hydrogen (secondary N) is 1. The van der Waals surface area contributed by atoms with Gasteiger partial charge in [0.1, 0.15) is 22.4 Å². The standard InChI is InChI=1S/C21H23N3O6S/c1-4-30-15-8-6-5-7-14(15)22-18(25)12(2)24-16(9-10-29-3)23-19-17(20(24)26)13(11-31-19)21(27)28/h5-8,11-12H,4,9-10H2,1-3H3,(H,22,25)(H,27,28). The van der Waals surface area contributed by atoms with Gasteiger partial charge in [-0.05, 0) is 26.0 Å². The Bertz CT molecular complexity index is 1170. The number of fused-ring (bicyclic) bond motifs is 1. The fourth-order valence-corrected chi connectivity index (χ4v) is 4.10. The first-order chi connectivity index (χ1) is 14.9. The summed E-state index contributed by atoms with van der Waals surface area (Å²) in [5, 5.41) is 13.6. The zero-order valence-electron chi connectivity index (χ0n) is 17.4. The number of carboxylic acids is 1. The average Bonchev–Trinajstić information content (AvgIpc) is 3.18. The van der Waals surface area contributed by atoms with Crippen molar-refractivity contribution in [3.63, 3.8) is 0 Å². The monoisotopic (exact) mass is 445 g/mol. The molecule has 0 bridgehead atoms. The third-order valence-electron chi connectivity index (χ3n) is 4.68. The molecular weight excluding hydrogens is 422 g/mol. The smallest absolute Gasteiger partial charge is 0.337 e. The number of aromatic carboxylic acids is 1. The molecule has 0 saturated heterocycles. The molecule has 9 nitrogen and oxygen atoms in total. The number of para-hydroxylation sites is 2. The molecule has 164 valence electrons. The summed E-state index contributed by atoms with van der Waals surface area (Å²) in [4.78, 5) is 42.7. The number of ether oxygens (including phenoxy) is 2. The first kappa shape index (κ1) is 22.4. The van der Waals surface area contributed by atoms with E-state index in [0.717, 1.165) is 11.3 Å². The van der Waals surface area contributed by atoms with E-state index in [2.05, 4.69) is 10.3 Å². The molecule has 0 aliphatic rings. The number of hydrogen-bond donors (Lipinski definition) is 2. The Morgan fingerprint density at radius 3 is 2.74 bits per heavy atom. The maximum absolute atomic E-state index is 13.3. The van der Waals surface area contributed by atoms with Crippen LogP contribution in [0.1, 0.15) is 36.1 Å². The van der Waals surface area contributed by atoms with Crippen molar-refractivity contribution in [3.8, 4) is 5.75 Å². The van der Waals surface area contributed by atoms with Gasteiger partial charge in [-0.2, -0.15) is 0 Å². The lowest BCUT2D eigenvalue weighted by atomic mass is 10.2. The molecule has 3 rings (SSSR count). The Balaban J connectivity index is 2.06. The number of hydrogen-bond acceptors (Lipinski definition) is 7. The Morgan fingerprint density at radius 1 is 1.32 bits per heavy atom. The third kappa shape index (κ3) is 4.59. The zero-order chi connectivity index (χ0) is 22.5. The van der Waals surface area contributed by atoms with Crippen molar-refractivity contribution in [3.05, 3.63) is 51.4 Å². The number of carbonyl (C=O) groups is 2. The first-order valence-electron chi connectivity index (χ1n) is 9.66. The molecule has 2 heterocycles. The van der Waals surface area contributed by atoms with Gasteiger partial charge in [-0.15, -0.1) is 11.3 Å². The minimum Gasteiger partial charge on any atom is -0.492 e. The van der Waals surface area contributed by atoms with Gasteiger partial charge in [0.25, 0.3) is 5.56 Å². The Kier molecular flexibility index (Phi) is 7.03. The van der Waals surface area contributed by atoms with Gasteiger partial charge in [-0.1, -0.05) is 12.1 Å². The predicted molar refractivity (Wildman–Crippen MR) is 117 cm³/mol. The Morgan fingerprint density at radius 2 is 2.06 bits per heavy atom. The molecule has 1 unspecified atom stereocenters. The van der Waals surface area contributed by atoms with E-state index in [1.165, 1.54) is 17.1 Å². The molecule has 10 heteroatoms. The second-order valence-electron chi connectivity index (χ2n) is 6.68. The molecule has 1 aromatic carbocycles. The van der Waals surface area contributed by atoms with Crippen molar-refractivity contribution in [1.82, 2.24) is 9.55 Å².